The molecule has 0 fully saturated rings. The summed E-state index contributed by atoms with van der Waals surface area (Å²) in [4.78, 5) is 23.5. The number of anilines is 1. The Morgan fingerprint density at radius 3 is 2.48 bits per heavy atom. The number of hydrogen-bond acceptors (Lipinski definition) is 3. The first-order valence-electron chi connectivity index (χ1n) is 6.73. The van der Waals surface area contributed by atoms with E-state index in [1.807, 2.05) is 13.8 Å². The summed E-state index contributed by atoms with van der Waals surface area (Å²) in [5.74, 6) is -1.50. The maximum Gasteiger partial charge on any atom is 0.313 e. The van der Waals surface area contributed by atoms with Crippen molar-refractivity contribution in [3.05, 3.63) is 29.3 Å². The summed E-state index contributed by atoms with van der Waals surface area (Å²) in [6.07, 6.45) is 0.0632. The maximum absolute atomic E-state index is 11.8. The third kappa shape index (κ3) is 6.14. The highest BCUT2D eigenvalue weighted by molar-refractivity contribution is 6.41. The first-order chi connectivity index (χ1) is 9.71. The van der Waals surface area contributed by atoms with Gasteiger partial charge in [0.25, 0.3) is 0 Å². The Bertz CT molecular complexity index is 515. The van der Waals surface area contributed by atoms with Crippen LogP contribution >= 0.6 is 11.6 Å². The molecule has 1 aromatic rings. The lowest BCUT2D eigenvalue weighted by molar-refractivity contribution is -0.136. The molecule has 0 radical (unpaired) electrons. The average molecular weight is 313 g/mol. The van der Waals surface area contributed by atoms with Crippen LogP contribution in [-0.2, 0) is 9.59 Å². The van der Waals surface area contributed by atoms with Gasteiger partial charge in [-0.25, -0.2) is 0 Å². The molecular formula is C15H21ClN2O3. The standard InChI is InChI=1S/C15H21ClN2O3/c1-10(19)8-15(2,3)9-17-13(20)14(21)18-12-7-5-4-6-11(12)16/h4-7,10,19H,8-9H2,1-3H3,(H,17,20)(H,18,21). The van der Waals surface area contributed by atoms with Crippen molar-refractivity contribution in [2.75, 3.05) is 11.9 Å². The molecule has 21 heavy (non-hydrogen) atoms. The molecule has 3 N–H and O–H groups in total. The Morgan fingerprint density at radius 1 is 1.29 bits per heavy atom. The number of amides is 2. The lowest BCUT2D eigenvalue weighted by atomic mass is 9.87. The fourth-order valence-electron chi connectivity index (χ4n) is 2.01. The van der Waals surface area contributed by atoms with E-state index in [0.717, 1.165) is 0 Å². The van der Waals surface area contributed by atoms with Crippen LogP contribution in [0.1, 0.15) is 27.2 Å². The molecule has 0 heterocycles. The number of rotatable bonds is 5. The summed E-state index contributed by atoms with van der Waals surface area (Å²) >= 11 is 5.91. The summed E-state index contributed by atoms with van der Waals surface area (Å²) in [5, 5.41) is 14.8. The second kappa shape index (κ2) is 7.43. The molecule has 116 valence electrons. The van der Waals surface area contributed by atoms with Crippen LogP contribution in [0.4, 0.5) is 5.69 Å². The molecule has 5 nitrogen and oxygen atoms in total. The zero-order valence-electron chi connectivity index (χ0n) is 12.4. The van der Waals surface area contributed by atoms with E-state index in [-0.39, 0.29) is 5.41 Å². The van der Waals surface area contributed by atoms with Gasteiger partial charge in [0.1, 0.15) is 0 Å². The highest BCUT2D eigenvalue weighted by Crippen LogP contribution is 2.21. The Hall–Kier alpha value is -1.59. The summed E-state index contributed by atoms with van der Waals surface area (Å²) in [6.45, 7) is 5.80. The van der Waals surface area contributed by atoms with Crippen LogP contribution in [0.2, 0.25) is 5.02 Å². The van der Waals surface area contributed by atoms with E-state index < -0.39 is 17.9 Å². The van der Waals surface area contributed by atoms with Gasteiger partial charge in [-0.2, -0.15) is 0 Å². The number of nitrogens with one attached hydrogen (secondary N) is 2. The number of aliphatic hydroxyl groups excluding tert-OH is 1. The fourth-order valence-corrected chi connectivity index (χ4v) is 2.20. The quantitative estimate of drug-likeness (QED) is 0.729. The minimum absolute atomic E-state index is 0.297. The number of halogens is 1. The zero-order valence-corrected chi connectivity index (χ0v) is 13.2. The van der Waals surface area contributed by atoms with Gasteiger partial charge < -0.3 is 15.7 Å². The van der Waals surface area contributed by atoms with Crippen LogP contribution in [-0.4, -0.2) is 29.6 Å². The molecule has 0 aliphatic carbocycles. The Kier molecular flexibility index (Phi) is 6.18. The van der Waals surface area contributed by atoms with Crippen molar-refractivity contribution in [3.63, 3.8) is 0 Å². The number of para-hydroxylation sites is 1. The minimum atomic E-state index is -0.768. The van der Waals surface area contributed by atoms with Crippen LogP contribution in [0, 0.1) is 5.41 Å². The van der Waals surface area contributed by atoms with Gasteiger partial charge in [-0.05, 0) is 30.9 Å². The van der Waals surface area contributed by atoms with Gasteiger partial charge in [0.05, 0.1) is 16.8 Å². The summed E-state index contributed by atoms with van der Waals surface area (Å²) < 4.78 is 0. The molecule has 0 bridgehead atoms. The van der Waals surface area contributed by atoms with E-state index in [9.17, 15) is 14.7 Å². The first kappa shape index (κ1) is 17.5. The van der Waals surface area contributed by atoms with Crippen LogP contribution in [0.25, 0.3) is 0 Å². The third-order valence-electron chi connectivity index (χ3n) is 2.90. The molecule has 0 aliphatic rings. The number of hydrogen-bond donors (Lipinski definition) is 3. The van der Waals surface area contributed by atoms with E-state index in [1.165, 1.54) is 0 Å². The maximum atomic E-state index is 11.8. The lowest BCUT2D eigenvalue weighted by Crippen LogP contribution is -2.41. The van der Waals surface area contributed by atoms with Crippen LogP contribution in [0.3, 0.4) is 0 Å². The van der Waals surface area contributed by atoms with E-state index >= 15 is 0 Å². The highest BCUT2D eigenvalue weighted by Gasteiger charge is 2.23. The van der Waals surface area contributed by atoms with Crippen molar-refractivity contribution >= 4 is 29.1 Å². The Balaban J connectivity index is 2.52. The van der Waals surface area contributed by atoms with Crippen molar-refractivity contribution < 1.29 is 14.7 Å². The Morgan fingerprint density at radius 2 is 1.90 bits per heavy atom. The van der Waals surface area contributed by atoms with Gasteiger partial charge in [-0.15, -0.1) is 0 Å². The second-order valence-corrected chi connectivity index (χ2v) is 6.24. The van der Waals surface area contributed by atoms with Crippen molar-refractivity contribution in [1.29, 1.82) is 0 Å². The summed E-state index contributed by atoms with van der Waals surface area (Å²) in [6, 6.07) is 6.69. The van der Waals surface area contributed by atoms with E-state index in [1.54, 1.807) is 31.2 Å². The molecular weight excluding hydrogens is 292 g/mol. The monoisotopic (exact) mass is 312 g/mol. The Labute approximate surface area is 129 Å². The molecule has 2 amide bonds. The normalized spacial score (nSPS) is 12.6. The van der Waals surface area contributed by atoms with E-state index in [2.05, 4.69) is 10.6 Å². The lowest BCUT2D eigenvalue weighted by Gasteiger charge is -2.26. The third-order valence-corrected chi connectivity index (χ3v) is 3.23. The van der Waals surface area contributed by atoms with Crippen molar-refractivity contribution in [3.8, 4) is 0 Å². The van der Waals surface area contributed by atoms with Gasteiger partial charge in [-0.1, -0.05) is 37.6 Å². The van der Waals surface area contributed by atoms with Crippen LogP contribution in [0.5, 0.6) is 0 Å². The molecule has 0 saturated carbocycles. The second-order valence-electron chi connectivity index (χ2n) is 5.83. The van der Waals surface area contributed by atoms with Crippen molar-refractivity contribution in [1.82, 2.24) is 5.32 Å². The molecule has 1 atom stereocenters. The molecule has 1 aromatic carbocycles. The predicted molar refractivity (Wildman–Crippen MR) is 83.2 cm³/mol. The number of carbonyl (C=O) groups is 2. The van der Waals surface area contributed by atoms with Gasteiger partial charge in [0.15, 0.2) is 0 Å². The topological polar surface area (TPSA) is 78.4 Å². The highest BCUT2D eigenvalue weighted by atomic mass is 35.5. The smallest absolute Gasteiger partial charge is 0.313 e. The molecule has 1 unspecified atom stereocenters. The van der Waals surface area contributed by atoms with E-state index in [0.29, 0.717) is 23.7 Å². The molecule has 1 rings (SSSR count). The van der Waals surface area contributed by atoms with Gasteiger partial charge in [0.2, 0.25) is 0 Å². The van der Waals surface area contributed by atoms with Crippen molar-refractivity contribution in [2.24, 2.45) is 5.41 Å². The van der Waals surface area contributed by atoms with E-state index in [4.69, 9.17) is 11.6 Å². The largest absolute Gasteiger partial charge is 0.393 e. The first-order valence-corrected chi connectivity index (χ1v) is 7.11. The van der Waals surface area contributed by atoms with Crippen molar-refractivity contribution in [2.45, 2.75) is 33.3 Å². The summed E-state index contributed by atoms with van der Waals surface area (Å²) in [5.41, 5.74) is 0.0941. The fraction of sp³-hybridized carbons (Fsp3) is 0.467. The van der Waals surface area contributed by atoms with Gasteiger partial charge >= 0.3 is 11.8 Å². The van der Waals surface area contributed by atoms with Gasteiger partial charge in [0, 0.05) is 6.54 Å². The zero-order chi connectivity index (χ0) is 16.0. The average Bonchev–Trinajstić information content (AvgIpc) is 2.37. The number of carbonyl (C=O) groups excluding carboxylic acids is 2. The molecule has 6 heteroatoms. The molecule has 0 aromatic heterocycles. The summed E-state index contributed by atoms with van der Waals surface area (Å²) in [7, 11) is 0. The number of aliphatic hydroxyl groups is 1. The van der Waals surface area contributed by atoms with Crippen LogP contribution < -0.4 is 10.6 Å². The molecule has 0 aliphatic heterocycles. The SMILES string of the molecule is CC(O)CC(C)(C)CNC(=O)C(=O)Nc1ccccc1Cl. The number of benzene rings is 1. The molecule has 0 spiro atoms. The molecule has 0 saturated heterocycles. The van der Waals surface area contributed by atoms with Gasteiger partial charge in [-0.3, -0.25) is 9.59 Å². The van der Waals surface area contributed by atoms with Crippen LogP contribution in [0.15, 0.2) is 24.3 Å². The minimum Gasteiger partial charge on any atom is -0.393 e. The predicted octanol–water partition coefficient (Wildman–Crippen LogP) is 2.19.